The average molecular weight is 520 g/mol. The van der Waals surface area contributed by atoms with Gasteiger partial charge in [-0.25, -0.2) is 4.99 Å². The van der Waals surface area contributed by atoms with Gasteiger partial charge in [0.1, 0.15) is 11.4 Å². The molecule has 3 rings (SSSR count). The van der Waals surface area contributed by atoms with Crippen LogP contribution in [0, 0.1) is 0 Å². The Morgan fingerprint density at radius 1 is 1.24 bits per heavy atom. The van der Waals surface area contributed by atoms with Gasteiger partial charge in [0.05, 0.1) is 26.0 Å². The van der Waals surface area contributed by atoms with Crippen molar-refractivity contribution in [2.75, 3.05) is 45.9 Å². The Bertz CT molecular complexity index is 609. The molecule has 166 valence electrons. The summed E-state index contributed by atoms with van der Waals surface area (Å²) in [5.41, 5.74) is -0.958. The largest absolute Gasteiger partial charge is 0.466 e. The molecule has 1 aliphatic heterocycles. The highest BCUT2D eigenvalue weighted by molar-refractivity contribution is 14.0. The van der Waals surface area contributed by atoms with E-state index in [2.05, 4.69) is 27.4 Å². The molecule has 1 atom stereocenters. The van der Waals surface area contributed by atoms with E-state index in [-0.39, 0.29) is 36.1 Å². The molecule has 7 nitrogen and oxygen atoms in total. The Balaban J connectivity index is 0.00000300. The highest BCUT2D eigenvalue weighted by Gasteiger charge is 2.38. The second-order valence-corrected chi connectivity index (χ2v) is 8.18. The maximum Gasteiger partial charge on any atom is 0.191 e. The number of furan rings is 1. The number of nitrogens with one attached hydrogen (secondary N) is 2. The number of aliphatic imine (C=N–C) groups is 1. The lowest BCUT2D eigenvalue weighted by Crippen LogP contribution is -2.60. The molecular weight excluding hydrogens is 483 g/mol. The number of morpholine rings is 1. The van der Waals surface area contributed by atoms with E-state index in [1.54, 1.807) is 25.3 Å². The van der Waals surface area contributed by atoms with Gasteiger partial charge in [-0.1, -0.05) is 19.3 Å². The smallest absolute Gasteiger partial charge is 0.191 e. The van der Waals surface area contributed by atoms with Gasteiger partial charge in [-0.3, -0.25) is 4.90 Å². The first-order valence-corrected chi connectivity index (χ1v) is 10.7. The normalized spacial score (nSPS) is 22.4. The van der Waals surface area contributed by atoms with Gasteiger partial charge in [-0.2, -0.15) is 0 Å². The monoisotopic (exact) mass is 520 g/mol. The number of halogens is 1. The summed E-state index contributed by atoms with van der Waals surface area (Å²) in [4.78, 5) is 7.26. The third-order valence-electron chi connectivity index (χ3n) is 5.99. The van der Waals surface area contributed by atoms with E-state index >= 15 is 0 Å². The van der Waals surface area contributed by atoms with Gasteiger partial charge in [-0.15, -0.1) is 24.0 Å². The Kier molecular flexibility index (Phi) is 9.71. The molecule has 2 heterocycles. The van der Waals surface area contributed by atoms with Crippen molar-refractivity contribution in [2.45, 2.75) is 57.1 Å². The number of guanidine groups is 1. The molecule has 1 unspecified atom stereocenters. The van der Waals surface area contributed by atoms with Crippen LogP contribution in [0.15, 0.2) is 27.8 Å². The maximum absolute atomic E-state index is 10.7. The minimum absolute atomic E-state index is 0. The molecule has 0 radical (unpaired) electrons. The van der Waals surface area contributed by atoms with Crippen LogP contribution in [0.2, 0.25) is 0 Å². The van der Waals surface area contributed by atoms with Crippen LogP contribution in [0.3, 0.4) is 0 Å². The lowest BCUT2D eigenvalue weighted by Gasteiger charge is -2.48. The van der Waals surface area contributed by atoms with Gasteiger partial charge >= 0.3 is 0 Å². The van der Waals surface area contributed by atoms with E-state index < -0.39 is 5.60 Å². The third-order valence-corrected chi connectivity index (χ3v) is 5.99. The van der Waals surface area contributed by atoms with Crippen LogP contribution in [0.4, 0.5) is 0 Å². The van der Waals surface area contributed by atoms with Crippen molar-refractivity contribution in [3.63, 3.8) is 0 Å². The summed E-state index contributed by atoms with van der Waals surface area (Å²) in [6.07, 6.45) is 7.88. The molecule has 2 fully saturated rings. The second kappa shape index (κ2) is 11.5. The molecule has 8 heteroatoms. The Labute approximate surface area is 191 Å². The molecule has 3 N–H and O–H groups in total. The van der Waals surface area contributed by atoms with Gasteiger partial charge in [0.15, 0.2) is 5.96 Å². The first kappa shape index (κ1) is 24.4. The summed E-state index contributed by atoms with van der Waals surface area (Å²) in [6.45, 7) is 9.31. The fraction of sp³-hybridized carbons (Fsp3) is 0.762. The molecule has 29 heavy (non-hydrogen) atoms. The van der Waals surface area contributed by atoms with Crippen molar-refractivity contribution in [1.29, 1.82) is 0 Å². The lowest BCUT2D eigenvalue weighted by molar-refractivity contribution is -0.0353. The number of hydrogen-bond acceptors (Lipinski definition) is 5. The summed E-state index contributed by atoms with van der Waals surface area (Å²) in [6, 6.07) is 3.57. The van der Waals surface area contributed by atoms with Gasteiger partial charge in [-0.05, 0) is 38.8 Å². The van der Waals surface area contributed by atoms with Crippen molar-refractivity contribution in [3.8, 4) is 0 Å². The summed E-state index contributed by atoms with van der Waals surface area (Å²) in [5, 5.41) is 17.6. The number of hydrogen-bond donors (Lipinski definition) is 3. The van der Waals surface area contributed by atoms with Gasteiger partial charge in [0, 0.05) is 31.7 Å². The summed E-state index contributed by atoms with van der Waals surface area (Å²) < 4.78 is 10.9. The molecule has 1 aliphatic carbocycles. The Morgan fingerprint density at radius 2 is 1.97 bits per heavy atom. The van der Waals surface area contributed by atoms with E-state index in [9.17, 15) is 5.11 Å². The van der Waals surface area contributed by atoms with Crippen LogP contribution in [0.1, 0.15) is 51.7 Å². The fourth-order valence-electron chi connectivity index (χ4n) is 4.34. The molecular formula is C21H37IN4O3. The van der Waals surface area contributed by atoms with Crippen LogP contribution in [0.5, 0.6) is 0 Å². The standard InChI is InChI=1S/C21H36N4O3.HI/c1-3-22-19(23-16-20(2,26)18-8-7-13-28-18)24-17-21(9-5-4-6-10-21)25-11-14-27-15-12-25;/h7-8,13,26H,3-6,9-12,14-17H2,1-2H3,(H2,22,23,24);1H. The SMILES string of the molecule is CCNC(=NCC(C)(O)c1ccco1)NCC1(N2CCOCC2)CCCCC1.I. The van der Waals surface area contributed by atoms with Gasteiger partial charge < -0.3 is 24.9 Å². The number of nitrogens with zero attached hydrogens (tertiary/aromatic N) is 2. The van der Waals surface area contributed by atoms with Crippen molar-refractivity contribution < 1.29 is 14.3 Å². The number of ether oxygens (including phenoxy) is 1. The van der Waals surface area contributed by atoms with Gasteiger partial charge in [0.25, 0.3) is 0 Å². The summed E-state index contributed by atoms with van der Waals surface area (Å²) in [5.74, 6) is 1.27. The first-order valence-electron chi connectivity index (χ1n) is 10.7. The summed E-state index contributed by atoms with van der Waals surface area (Å²) in [7, 11) is 0. The predicted octanol–water partition coefficient (Wildman–Crippen LogP) is 2.70. The zero-order valence-electron chi connectivity index (χ0n) is 17.8. The Hall–Kier alpha value is -0.840. The minimum Gasteiger partial charge on any atom is -0.466 e. The number of rotatable bonds is 7. The molecule has 2 aliphatic rings. The molecule has 0 spiro atoms. The fourth-order valence-corrected chi connectivity index (χ4v) is 4.34. The van der Waals surface area contributed by atoms with Crippen molar-refractivity contribution in [1.82, 2.24) is 15.5 Å². The molecule has 0 aromatic carbocycles. The number of aliphatic hydroxyl groups is 1. The lowest BCUT2D eigenvalue weighted by atomic mass is 9.80. The molecule has 1 saturated carbocycles. The Morgan fingerprint density at radius 3 is 2.59 bits per heavy atom. The molecule has 1 saturated heterocycles. The molecule has 1 aromatic heterocycles. The van der Waals surface area contributed by atoms with Crippen LogP contribution in [-0.4, -0.2) is 67.4 Å². The van der Waals surface area contributed by atoms with Crippen molar-refractivity contribution in [3.05, 3.63) is 24.2 Å². The van der Waals surface area contributed by atoms with E-state index in [1.165, 1.54) is 32.1 Å². The highest BCUT2D eigenvalue weighted by atomic mass is 127. The van der Waals surface area contributed by atoms with Gasteiger partial charge in [0.2, 0.25) is 0 Å². The van der Waals surface area contributed by atoms with E-state index in [0.717, 1.165) is 45.4 Å². The third kappa shape index (κ3) is 6.57. The van der Waals surface area contributed by atoms with Crippen LogP contribution < -0.4 is 10.6 Å². The maximum atomic E-state index is 10.7. The zero-order valence-corrected chi connectivity index (χ0v) is 20.1. The summed E-state index contributed by atoms with van der Waals surface area (Å²) >= 11 is 0. The van der Waals surface area contributed by atoms with Crippen LogP contribution in [0.25, 0.3) is 0 Å². The molecule has 1 aromatic rings. The average Bonchev–Trinajstić information content (AvgIpc) is 3.27. The quantitative estimate of drug-likeness (QED) is 0.292. The van der Waals surface area contributed by atoms with E-state index in [4.69, 9.17) is 9.15 Å². The highest BCUT2D eigenvalue weighted by Crippen LogP contribution is 2.33. The van der Waals surface area contributed by atoms with Crippen LogP contribution >= 0.6 is 24.0 Å². The van der Waals surface area contributed by atoms with Crippen molar-refractivity contribution in [2.24, 2.45) is 4.99 Å². The predicted molar refractivity (Wildman–Crippen MR) is 126 cm³/mol. The van der Waals surface area contributed by atoms with Crippen molar-refractivity contribution >= 4 is 29.9 Å². The molecule has 0 amide bonds. The minimum atomic E-state index is -1.13. The second-order valence-electron chi connectivity index (χ2n) is 8.18. The van der Waals surface area contributed by atoms with E-state index in [0.29, 0.717) is 5.76 Å². The molecule has 0 bridgehead atoms. The topological polar surface area (TPSA) is 82.3 Å². The van der Waals surface area contributed by atoms with Crippen LogP contribution in [-0.2, 0) is 10.3 Å². The van der Waals surface area contributed by atoms with E-state index in [1.807, 2.05) is 0 Å². The zero-order chi connectivity index (χ0) is 19.9. The first-order chi connectivity index (χ1) is 13.6.